The Morgan fingerprint density at radius 1 is 0.522 bits per heavy atom. The molecule has 0 aromatic carbocycles. The van der Waals surface area contributed by atoms with E-state index in [0.717, 1.165) is 79.7 Å². The van der Waals surface area contributed by atoms with Gasteiger partial charge in [-0.2, -0.15) is 72.5 Å². The molecule has 0 amide bonds. The highest BCUT2D eigenvalue weighted by atomic mass is 32.2. The molecule has 6 aromatic heterocycles. The third-order valence-corrected chi connectivity index (χ3v) is 23.1. The van der Waals surface area contributed by atoms with Crippen LogP contribution >= 0.6 is 0 Å². The number of pyridine rings is 2. The van der Waals surface area contributed by atoms with Crippen LogP contribution in [0.4, 0.5) is 10.2 Å². The molecule has 5 aliphatic rings. The summed E-state index contributed by atoms with van der Waals surface area (Å²) in [5.74, 6) is 1.56. The number of hydrogen-bond donors (Lipinski definition) is 6. The van der Waals surface area contributed by atoms with Crippen molar-refractivity contribution in [2.24, 2.45) is 23.3 Å². The van der Waals surface area contributed by atoms with Crippen molar-refractivity contribution in [2.75, 3.05) is 127 Å². The lowest BCUT2D eigenvalue weighted by Crippen LogP contribution is -2.49. The van der Waals surface area contributed by atoms with Crippen molar-refractivity contribution in [1.29, 1.82) is 0 Å². The van der Waals surface area contributed by atoms with Gasteiger partial charge in [0.2, 0.25) is 5.95 Å². The fourth-order valence-electron chi connectivity index (χ4n) is 10.4. The summed E-state index contributed by atoms with van der Waals surface area (Å²) in [6, 6.07) is 10.7. The molecule has 11 heterocycles. The molecule has 6 aromatic rings. The maximum Gasteiger partial charge on any atom is 0.281 e. The number of fused-ring (bicyclic) bond motifs is 2. The molecule has 0 aliphatic carbocycles. The van der Waals surface area contributed by atoms with Gasteiger partial charge in [-0.3, -0.25) is 0 Å². The summed E-state index contributed by atoms with van der Waals surface area (Å²) in [4.78, 5) is 31.5. The average molecular weight is 1340 g/mol. The normalized spacial score (nSPS) is 21.8. The number of halogens is 1. The Labute approximate surface area is 532 Å². The number of H-pyrrole nitrogens is 2. The van der Waals surface area contributed by atoms with E-state index in [1.54, 1.807) is 75.5 Å². The molecule has 33 heteroatoms. The first-order chi connectivity index (χ1) is 42.5. The molecule has 11 rings (SSSR count). The van der Waals surface area contributed by atoms with Gasteiger partial charge in [0, 0.05) is 157 Å². The quantitative estimate of drug-likeness (QED) is 0.0948. The zero-order chi connectivity index (χ0) is 66.0. The number of anilines is 1. The zero-order valence-corrected chi connectivity index (χ0v) is 56.9. The first-order valence-electron chi connectivity index (χ1n) is 30.4. The third kappa shape index (κ3) is 20.8. The second-order valence-electron chi connectivity index (χ2n) is 23.8. The summed E-state index contributed by atoms with van der Waals surface area (Å²) >= 11 is 0. The fourth-order valence-corrected chi connectivity index (χ4v) is 15.2. The number of nitrogens with two attached hydrogens (primary N) is 2. The van der Waals surface area contributed by atoms with Gasteiger partial charge in [0.1, 0.15) is 16.9 Å². The van der Waals surface area contributed by atoms with E-state index < -0.39 is 46.8 Å². The third-order valence-electron chi connectivity index (χ3n) is 15.5. The molecule has 502 valence electrons. The minimum absolute atomic E-state index is 0.0107. The summed E-state index contributed by atoms with van der Waals surface area (Å²) in [6.45, 7) is 11.2. The van der Waals surface area contributed by atoms with Crippen LogP contribution in [0.1, 0.15) is 78.1 Å². The average Bonchev–Trinajstić information content (AvgIpc) is 1.73. The van der Waals surface area contributed by atoms with Crippen molar-refractivity contribution in [3.05, 3.63) is 79.5 Å². The number of nitrogens with zero attached hydrogens (tertiary/aromatic N) is 14. The maximum atomic E-state index is 13.4. The van der Waals surface area contributed by atoms with Gasteiger partial charge in [0.15, 0.2) is 11.3 Å². The van der Waals surface area contributed by atoms with E-state index >= 15 is 0 Å². The Morgan fingerprint density at radius 3 is 1.37 bits per heavy atom. The van der Waals surface area contributed by atoms with Crippen LogP contribution in [0, 0.1) is 17.8 Å². The summed E-state index contributed by atoms with van der Waals surface area (Å²) < 4.78 is 119. The van der Waals surface area contributed by atoms with Gasteiger partial charge in [-0.1, -0.05) is 13.8 Å². The molecular formula is C57H95FN20O8S4. The van der Waals surface area contributed by atoms with Gasteiger partial charge >= 0.3 is 0 Å². The number of rotatable bonds is 12. The van der Waals surface area contributed by atoms with E-state index in [9.17, 15) is 38.1 Å². The van der Waals surface area contributed by atoms with Crippen molar-refractivity contribution < 1.29 is 38.1 Å². The van der Waals surface area contributed by atoms with Crippen molar-refractivity contribution in [2.45, 2.75) is 96.2 Å². The first-order valence-corrected chi connectivity index (χ1v) is 36.0. The maximum absolute atomic E-state index is 13.4. The summed E-state index contributed by atoms with van der Waals surface area (Å²) in [7, 11) is -0.670. The van der Waals surface area contributed by atoms with Crippen LogP contribution in [0.2, 0.25) is 0 Å². The van der Waals surface area contributed by atoms with Gasteiger partial charge in [-0.15, -0.1) is 0 Å². The molecule has 5 atom stereocenters. The Kier molecular flexibility index (Phi) is 27.8. The lowest BCUT2D eigenvalue weighted by molar-refractivity contribution is 0.268. The number of aromatic nitrogens is 8. The van der Waals surface area contributed by atoms with E-state index in [2.05, 4.69) is 64.4 Å². The van der Waals surface area contributed by atoms with Crippen LogP contribution in [-0.2, 0) is 40.8 Å². The van der Waals surface area contributed by atoms with Crippen molar-refractivity contribution >= 4 is 69.0 Å². The molecule has 5 saturated heterocycles. The van der Waals surface area contributed by atoms with E-state index in [-0.39, 0.29) is 18.1 Å². The lowest BCUT2D eigenvalue weighted by Gasteiger charge is -2.34. The van der Waals surface area contributed by atoms with Crippen LogP contribution in [0.3, 0.4) is 0 Å². The van der Waals surface area contributed by atoms with Crippen molar-refractivity contribution in [3.63, 3.8) is 0 Å². The Hall–Kier alpha value is -5.37. The van der Waals surface area contributed by atoms with Gasteiger partial charge in [-0.25, -0.2) is 29.9 Å². The number of piperidine rings is 5. The predicted octanol–water partition coefficient (Wildman–Crippen LogP) is 3.82. The highest BCUT2D eigenvalue weighted by Crippen LogP contribution is 2.28. The number of aromatic amines is 2. The van der Waals surface area contributed by atoms with Crippen molar-refractivity contribution in [3.8, 4) is 22.5 Å². The van der Waals surface area contributed by atoms with Crippen LogP contribution < -0.4 is 22.1 Å². The van der Waals surface area contributed by atoms with Crippen LogP contribution in [0.15, 0.2) is 73.6 Å². The van der Waals surface area contributed by atoms with E-state index in [1.165, 1.54) is 96.7 Å². The smallest absolute Gasteiger partial charge is 0.281 e. The molecule has 90 heavy (non-hydrogen) atoms. The zero-order valence-electron chi connectivity index (χ0n) is 53.6. The molecule has 0 radical (unpaired) electrons. The monoisotopic (exact) mass is 1330 g/mol. The molecule has 5 aliphatic heterocycles. The predicted molar refractivity (Wildman–Crippen MR) is 352 cm³/mol. The Bertz CT molecular complexity index is 3520. The highest BCUT2D eigenvalue weighted by Gasteiger charge is 2.33. The molecule has 28 nitrogen and oxygen atoms in total. The second-order valence-corrected chi connectivity index (χ2v) is 32.3. The summed E-state index contributed by atoms with van der Waals surface area (Å²) in [6.07, 6.45) is 20.0. The molecular weight excluding hydrogens is 1240 g/mol. The van der Waals surface area contributed by atoms with Crippen molar-refractivity contribution in [1.82, 2.24) is 79.6 Å². The highest BCUT2D eigenvalue weighted by molar-refractivity contribution is 7.87. The molecule has 8 N–H and O–H groups in total. The standard InChI is InChI=1S/C18H23N7O2S.C11H7FN4.C8H18N2O2S.2C7H17N3O2S.C6H13N/c1-24(2)28(26,27)25-10-4-5-13(12-25)22-17-14(6-3-8-19-17)16-11-21-18-15(23-16)7-9-20-18;12-10-7(2-1-4-13-10)9-6-15-11-8(16-9)3-5-14-11;1-8-5-4-6-10(7-8)13(11,12)9(2)3;2*1-9(2)13(11,12)10-5-3-4-7(8)6-10;1-6-3-2-4-7-5-6/h3,6-9,11,13H,4-5,10,12H2,1-2H3,(H,19,22)(H,20,21);1-6H,(H,14,15);8H,4-7H2,1-3H3;2*7H,3-6,8H2,1-2H3;6-7H,2-5H2,1H3/t13-;;8-;2*7-;6-/m0.0000/s1. The molecule has 0 bridgehead atoms. The minimum atomic E-state index is -3.42. The molecule has 0 saturated carbocycles. The van der Waals surface area contributed by atoms with E-state index in [1.807, 2.05) is 18.2 Å². The number of nitrogens with one attached hydrogen (secondary N) is 4. The fraction of sp³-hybridized carbons (Fsp3) is 0.614. The largest absolute Gasteiger partial charge is 0.365 e. The van der Waals surface area contributed by atoms with Crippen LogP contribution in [0.5, 0.6) is 0 Å². The SMILES string of the molecule is CN(C)S(=O)(=O)N1CCC[C@H](N)C1.CN(C)S(=O)(=O)N1CCC[C@H](N)C1.CN(C)S(=O)(=O)N1CCC[C@H](Nc2ncccc2-c2cnc3[nH]ccc3n2)C1.C[C@H]1CCCN(S(=O)(=O)N(C)C)C1.C[C@H]1CCCNC1.Fc1ncccc1-c1cnc2[nH]ccc2n1. The molecule has 0 spiro atoms. The topological polar surface area (TPSA) is 347 Å². The summed E-state index contributed by atoms with van der Waals surface area (Å²) in [5.41, 5.74) is 16.7. The second kappa shape index (κ2) is 34.0. The minimum Gasteiger partial charge on any atom is -0.365 e. The van der Waals surface area contributed by atoms with E-state index in [4.69, 9.17) is 11.5 Å². The Balaban J connectivity index is 0.000000181. The summed E-state index contributed by atoms with van der Waals surface area (Å²) in [5, 5.41) is 6.75. The van der Waals surface area contributed by atoms with Crippen LogP contribution in [0.25, 0.3) is 44.8 Å². The molecule has 0 unspecified atom stereocenters. The van der Waals surface area contributed by atoms with Gasteiger partial charge < -0.3 is 32.1 Å². The van der Waals surface area contributed by atoms with Gasteiger partial charge in [0.25, 0.3) is 40.8 Å². The first kappa shape index (κ1) is 73.7. The Morgan fingerprint density at radius 2 is 0.944 bits per heavy atom. The van der Waals surface area contributed by atoms with Crippen LogP contribution in [-0.4, -0.2) is 248 Å². The number of hydrogen-bond acceptors (Lipinski definition) is 18. The van der Waals surface area contributed by atoms with Gasteiger partial charge in [-0.05, 0) is 126 Å². The van der Waals surface area contributed by atoms with Gasteiger partial charge in [0.05, 0.1) is 29.3 Å². The lowest BCUT2D eigenvalue weighted by atomic mass is 10.0. The molecule has 5 fully saturated rings. The van der Waals surface area contributed by atoms with E-state index in [0.29, 0.717) is 86.5 Å².